The van der Waals surface area contributed by atoms with Gasteiger partial charge in [0.1, 0.15) is 5.75 Å². The fourth-order valence-electron chi connectivity index (χ4n) is 3.72. The lowest BCUT2D eigenvalue weighted by Crippen LogP contribution is -2.22. The summed E-state index contributed by atoms with van der Waals surface area (Å²) in [6.45, 7) is 4.14. The minimum atomic E-state index is -4.44. The Labute approximate surface area is 211 Å². The molecule has 1 amide bonds. The molecule has 1 heterocycles. The second kappa shape index (κ2) is 10.3. The third-order valence-electron chi connectivity index (χ3n) is 5.80. The van der Waals surface area contributed by atoms with Crippen LogP contribution >= 0.6 is 0 Å². The number of carbonyl (C=O) groups is 1. The maximum absolute atomic E-state index is 12.8. The van der Waals surface area contributed by atoms with Gasteiger partial charge in [0.15, 0.2) is 9.84 Å². The maximum atomic E-state index is 12.8. The first-order chi connectivity index (χ1) is 17.5. The number of alkyl halides is 3. The summed E-state index contributed by atoms with van der Waals surface area (Å²) in [5.74, 6) is -0.131. The number of amides is 1. The van der Waals surface area contributed by atoms with Gasteiger partial charge in [0.05, 0.1) is 27.2 Å². The van der Waals surface area contributed by atoms with E-state index in [2.05, 4.69) is 10.3 Å². The van der Waals surface area contributed by atoms with Crippen LogP contribution in [0.2, 0.25) is 0 Å². The molecule has 1 N–H and O–H groups in total. The van der Waals surface area contributed by atoms with Crippen LogP contribution in [-0.2, 0) is 29.1 Å². The number of carbonyl (C=O) groups excluding carboxylic acids is 1. The van der Waals surface area contributed by atoms with E-state index in [1.807, 2.05) is 6.92 Å². The molecular formula is C26H24F3N3O4S. The number of aromatic nitrogens is 2. The maximum Gasteiger partial charge on any atom is 0.416 e. The Kier molecular flexibility index (Phi) is 7.26. The number of aryl methyl sites for hydroxylation is 1. The Bertz CT molecular complexity index is 1530. The molecule has 0 saturated carbocycles. The highest BCUT2D eigenvalue weighted by atomic mass is 32.2. The lowest BCUT2D eigenvalue weighted by Gasteiger charge is -2.09. The summed E-state index contributed by atoms with van der Waals surface area (Å²) in [6, 6.07) is 15.8. The van der Waals surface area contributed by atoms with Gasteiger partial charge < -0.3 is 10.1 Å². The van der Waals surface area contributed by atoms with Gasteiger partial charge in [-0.25, -0.2) is 8.42 Å². The monoisotopic (exact) mass is 531 g/mol. The van der Waals surface area contributed by atoms with E-state index in [1.165, 1.54) is 24.3 Å². The second-order valence-corrected chi connectivity index (χ2v) is 10.5. The number of rotatable bonds is 8. The highest BCUT2D eigenvalue weighted by molar-refractivity contribution is 7.91. The number of benzene rings is 3. The summed E-state index contributed by atoms with van der Waals surface area (Å²) in [4.78, 5) is 17.4. The first kappa shape index (κ1) is 26.2. The van der Waals surface area contributed by atoms with Crippen LogP contribution in [0.15, 0.2) is 71.6 Å². The van der Waals surface area contributed by atoms with E-state index in [-0.39, 0.29) is 34.9 Å². The minimum Gasteiger partial charge on any atom is -0.425 e. The molecule has 0 bridgehead atoms. The van der Waals surface area contributed by atoms with E-state index < -0.39 is 21.6 Å². The molecule has 0 radical (unpaired) electrons. The summed E-state index contributed by atoms with van der Waals surface area (Å²) in [5, 5.41) is 2.80. The zero-order chi connectivity index (χ0) is 26.8. The molecule has 0 aliphatic carbocycles. The van der Waals surface area contributed by atoms with Crippen LogP contribution in [0, 0.1) is 0 Å². The molecule has 4 aromatic rings. The number of hydrogen-bond acceptors (Lipinski definition) is 5. The van der Waals surface area contributed by atoms with Gasteiger partial charge in [-0.05, 0) is 67.1 Å². The van der Waals surface area contributed by atoms with Crippen LogP contribution in [0.4, 0.5) is 13.2 Å². The summed E-state index contributed by atoms with van der Waals surface area (Å²) >= 11 is 0. The first-order valence-electron chi connectivity index (χ1n) is 11.5. The standard InChI is InChI=1S/C26H24F3N3O4S/c1-3-32-23-14-7-18(24(33)30-16-17-5-12-21(13-6-17)37(34,35)4-2)15-22(23)31-25(32)36-20-10-8-19(9-11-20)26(27,28)29/h5-15H,3-4,16H2,1-2H3,(H,30,33). The van der Waals surface area contributed by atoms with Crippen LogP contribution in [0.1, 0.15) is 35.3 Å². The molecule has 0 aliphatic heterocycles. The average molecular weight is 532 g/mol. The quantitative estimate of drug-likeness (QED) is 0.320. The summed E-state index contributed by atoms with van der Waals surface area (Å²) in [6.07, 6.45) is -4.44. The van der Waals surface area contributed by atoms with Crippen molar-refractivity contribution in [3.8, 4) is 11.8 Å². The molecule has 3 aromatic carbocycles. The molecule has 0 spiro atoms. The van der Waals surface area contributed by atoms with Crippen LogP contribution in [0.25, 0.3) is 11.0 Å². The number of nitrogens with one attached hydrogen (secondary N) is 1. The van der Waals surface area contributed by atoms with Crippen LogP contribution < -0.4 is 10.1 Å². The van der Waals surface area contributed by atoms with Crippen molar-refractivity contribution in [2.45, 2.75) is 38.0 Å². The van der Waals surface area contributed by atoms with E-state index >= 15 is 0 Å². The smallest absolute Gasteiger partial charge is 0.416 e. The van der Waals surface area contributed by atoms with Crippen molar-refractivity contribution in [2.75, 3.05) is 5.75 Å². The number of nitrogens with zero attached hydrogens (tertiary/aromatic N) is 2. The Morgan fingerprint density at radius 3 is 2.27 bits per heavy atom. The molecular weight excluding hydrogens is 507 g/mol. The van der Waals surface area contributed by atoms with Gasteiger partial charge in [0.2, 0.25) is 0 Å². The Balaban J connectivity index is 1.49. The third kappa shape index (κ3) is 5.77. The van der Waals surface area contributed by atoms with Gasteiger partial charge in [-0.1, -0.05) is 19.1 Å². The molecule has 194 valence electrons. The van der Waals surface area contributed by atoms with Gasteiger partial charge in [0.25, 0.3) is 5.91 Å². The van der Waals surface area contributed by atoms with Crippen molar-refractivity contribution in [1.29, 1.82) is 0 Å². The van der Waals surface area contributed by atoms with Crippen molar-refractivity contribution in [3.63, 3.8) is 0 Å². The molecule has 7 nitrogen and oxygen atoms in total. The number of hydrogen-bond donors (Lipinski definition) is 1. The van der Waals surface area contributed by atoms with Gasteiger partial charge >= 0.3 is 12.2 Å². The van der Waals surface area contributed by atoms with E-state index in [9.17, 15) is 26.4 Å². The molecule has 37 heavy (non-hydrogen) atoms. The van der Waals surface area contributed by atoms with Gasteiger partial charge in [0, 0.05) is 18.7 Å². The summed E-state index contributed by atoms with van der Waals surface area (Å²) in [7, 11) is -3.29. The first-order valence-corrected chi connectivity index (χ1v) is 13.1. The van der Waals surface area contributed by atoms with Gasteiger partial charge in [-0.15, -0.1) is 0 Å². The number of fused-ring (bicyclic) bond motifs is 1. The zero-order valence-electron chi connectivity index (χ0n) is 20.0. The van der Waals surface area contributed by atoms with Gasteiger partial charge in [-0.3, -0.25) is 9.36 Å². The van der Waals surface area contributed by atoms with E-state index in [0.717, 1.165) is 17.7 Å². The topological polar surface area (TPSA) is 90.3 Å². The molecule has 4 rings (SSSR count). The van der Waals surface area contributed by atoms with E-state index in [0.29, 0.717) is 23.1 Å². The fourth-order valence-corrected chi connectivity index (χ4v) is 4.60. The van der Waals surface area contributed by atoms with Crippen LogP contribution in [0.5, 0.6) is 11.8 Å². The predicted molar refractivity (Wildman–Crippen MR) is 132 cm³/mol. The third-order valence-corrected chi connectivity index (χ3v) is 7.55. The van der Waals surface area contributed by atoms with Gasteiger partial charge in [-0.2, -0.15) is 18.2 Å². The average Bonchev–Trinajstić information content (AvgIpc) is 3.23. The van der Waals surface area contributed by atoms with Crippen LogP contribution in [-0.4, -0.2) is 29.6 Å². The highest BCUT2D eigenvalue weighted by Gasteiger charge is 2.30. The number of sulfone groups is 1. The fraction of sp³-hybridized carbons (Fsp3) is 0.231. The summed E-state index contributed by atoms with van der Waals surface area (Å²) in [5.41, 5.74) is 1.52. The van der Waals surface area contributed by atoms with E-state index in [4.69, 9.17) is 4.74 Å². The number of imidazole rings is 1. The lowest BCUT2D eigenvalue weighted by molar-refractivity contribution is -0.137. The Morgan fingerprint density at radius 1 is 1.00 bits per heavy atom. The minimum absolute atomic E-state index is 0.0104. The Morgan fingerprint density at radius 2 is 1.68 bits per heavy atom. The van der Waals surface area contributed by atoms with Crippen LogP contribution in [0.3, 0.4) is 0 Å². The normalized spacial score (nSPS) is 12.0. The molecule has 0 unspecified atom stereocenters. The molecule has 0 aliphatic rings. The molecule has 0 fully saturated rings. The van der Waals surface area contributed by atoms with E-state index in [1.54, 1.807) is 41.8 Å². The predicted octanol–water partition coefficient (Wildman–Crippen LogP) is 5.59. The lowest BCUT2D eigenvalue weighted by atomic mass is 10.1. The zero-order valence-corrected chi connectivity index (χ0v) is 20.9. The largest absolute Gasteiger partial charge is 0.425 e. The Hall–Kier alpha value is -3.86. The molecule has 11 heteroatoms. The second-order valence-electron chi connectivity index (χ2n) is 8.20. The SMILES string of the molecule is CCn1c(Oc2ccc(C(F)(F)F)cc2)nc2cc(C(=O)NCc3ccc(S(=O)(=O)CC)cc3)ccc21. The van der Waals surface area contributed by atoms with Crippen molar-refractivity contribution in [2.24, 2.45) is 0 Å². The van der Waals surface area contributed by atoms with Crippen molar-refractivity contribution in [1.82, 2.24) is 14.9 Å². The summed E-state index contributed by atoms with van der Waals surface area (Å²) < 4.78 is 69.8. The highest BCUT2D eigenvalue weighted by Crippen LogP contribution is 2.32. The van der Waals surface area contributed by atoms with Crippen molar-refractivity contribution in [3.05, 3.63) is 83.4 Å². The van der Waals surface area contributed by atoms with Crippen molar-refractivity contribution < 1.29 is 31.1 Å². The molecule has 0 atom stereocenters. The van der Waals surface area contributed by atoms with Crippen molar-refractivity contribution >= 4 is 26.8 Å². The number of ether oxygens (including phenoxy) is 1. The molecule has 1 aromatic heterocycles. The number of halogens is 3. The molecule has 0 saturated heterocycles.